The predicted molar refractivity (Wildman–Crippen MR) is 61.7 cm³/mol. The summed E-state index contributed by atoms with van der Waals surface area (Å²) in [5.41, 5.74) is 0. The van der Waals surface area contributed by atoms with Crippen molar-refractivity contribution in [2.24, 2.45) is 7.05 Å². The highest BCUT2D eigenvalue weighted by Gasteiger charge is 2.07. The highest BCUT2D eigenvalue weighted by molar-refractivity contribution is 5.95. The normalized spacial score (nSPS) is 10.1. The van der Waals surface area contributed by atoms with Gasteiger partial charge < -0.3 is 5.32 Å². The molecule has 0 radical (unpaired) electrons. The third-order valence-corrected chi connectivity index (χ3v) is 2.02. The molecule has 0 spiro atoms. The molecule has 3 N–H and O–H groups in total. The van der Waals surface area contributed by atoms with Crippen molar-refractivity contribution >= 4 is 12.0 Å². The zero-order valence-corrected chi connectivity index (χ0v) is 9.66. The van der Waals surface area contributed by atoms with Crippen LogP contribution in [-0.4, -0.2) is 36.5 Å². The first-order valence-electron chi connectivity index (χ1n) is 5.13. The maximum absolute atomic E-state index is 11.5. The van der Waals surface area contributed by atoms with Gasteiger partial charge in [0.25, 0.3) is 0 Å². The lowest BCUT2D eigenvalue weighted by molar-refractivity contribution is 0.244. The molecule has 2 rings (SSSR count). The summed E-state index contributed by atoms with van der Waals surface area (Å²) in [6.45, 7) is 0.194. The molecule has 0 aliphatic rings. The van der Waals surface area contributed by atoms with Gasteiger partial charge in [0.05, 0.1) is 6.54 Å². The van der Waals surface area contributed by atoms with E-state index in [9.17, 15) is 4.79 Å². The number of rotatable bonds is 2. The number of nitrogens with one attached hydrogen (secondary N) is 3. The quantitative estimate of drug-likeness (QED) is 0.481. The fourth-order valence-corrected chi connectivity index (χ4v) is 1.23. The first kappa shape index (κ1) is 11.8. The summed E-state index contributed by atoms with van der Waals surface area (Å²) in [6.07, 6.45) is 4.62. The Morgan fingerprint density at radius 3 is 3.00 bits per heavy atom. The van der Waals surface area contributed by atoms with Gasteiger partial charge in [-0.2, -0.15) is 10.2 Å². The van der Waals surface area contributed by atoms with E-state index in [0.29, 0.717) is 5.82 Å². The van der Waals surface area contributed by atoms with Crippen molar-refractivity contribution in [1.82, 2.24) is 35.2 Å². The van der Waals surface area contributed by atoms with Crippen LogP contribution in [0.25, 0.3) is 0 Å². The Hall–Kier alpha value is -2.71. The molecule has 2 aromatic rings. The highest BCUT2D eigenvalue weighted by Crippen LogP contribution is 1.87. The van der Waals surface area contributed by atoms with Gasteiger partial charge in [0.15, 0.2) is 5.82 Å². The second kappa shape index (κ2) is 5.08. The van der Waals surface area contributed by atoms with Gasteiger partial charge in [-0.3, -0.25) is 15.4 Å². The molecular weight excluding hydrogens is 236 g/mol. The average molecular weight is 248 g/mol. The van der Waals surface area contributed by atoms with E-state index in [1.807, 2.05) is 0 Å². The molecule has 0 atom stereocenters. The van der Waals surface area contributed by atoms with Gasteiger partial charge in [-0.1, -0.05) is 0 Å². The lowest BCUT2D eigenvalue weighted by Crippen LogP contribution is -2.42. The number of aryl methyl sites for hydroxylation is 1. The van der Waals surface area contributed by atoms with E-state index in [1.165, 1.54) is 10.9 Å². The first-order valence-corrected chi connectivity index (χ1v) is 5.13. The zero-order chi connectivity index (χ0) is 13.0. The van der Waals surface area contributed by atoms with Crippen LogP contribution < -0.4 is 10.6 Å². The summed E-state index contributed by atoms with van der Waals surface area (Å²) in [5.74, 6) is 0.366. The minimum absolute atomic E-state index is 0.133. The molecule has 9 heteroatoms. The van der Waals surface area contributed by atoms with Gasteiger partial charge in [-0.05, 0) is 6.07 Å². The Kier molecular flexibility index (Phi) is 3.32. The summed E-state index contributed by atoms with van der Waals surface area (Å²) in [4.78, 5) is 15.4. The Bertz CT molecular complexity index is 543. The molecule has 9 nitrogen and oxygen atoms in total. The Balaban J connectivity index is 1.80. The van der Waals surface area contributed by atoms with Crippen molar-refractivity contribution in [3.8, 4) is 0 Å². The number of urea groups is 1. The van der Waals surface area contributed by atoms with Gasteiger partial charge in [-0.25, -0.2) is 14.5 Å². The fraction of sp³-hybridized carbons (Fsp3) is 0.222. The predicted octanol–water partition coefficient (Wildman–Crippen LogP) is -0.706. The fourth-order valence-electron chi connectivity index (χ4n) is 1.23. The molecule has 0 aliphatic heterocycles. The number of hydrogen-bond donors (Lipinski definition) is 3. The summed E-state index contributed by atoms with van der Waals surface area (Å²) in [6, 6.07) is 1.15. The van der Waals surface area contributed by atoms with E-state index in [2.05, 4.69) is 25.8 Å². The molecule has 0 aliphatic carbocycles. The molecule has 0 aromatic carbocycles. The van der Waals surface area contributed by atoms with Crippen LogP contribution in [0.15, 0.2) is 24.8 Å². The summed E-state index contributed by atoms with van der Waals surface area (Å²) >= 11 is 0. The van der Waals surface area contributed by atoms with E-state index in [0.717, 1.165) is 0 Å². The average Bonchev–Trinajstić information content (AvgIpc) is 2.97. The molecule has 0 fully saturated rings. The number of carbonyl (C=O) groups is 1. The number of hydrogen-bond acceptors (Lipinski definition) is 5. The summed E-state index contributed by atoms with van der Waals surface area (Å²) in [5, 5.41) is 20.2. The van der Waals surface area contributed by atoms with Crippen LogP contribution >= 0.6 is 0 Å². The number of carbonyl (C=O) groups excluding carboxylic acids is 1. The molecular formula is C9H12N8O. The largest absolute Gasteiger partial charge is 0.330 e. The molecule has 0 bridgehead atoms. The minimum atomic E-state index is -0.511. The van der Waals surface area contributed by atoms with Crippen LogP contribution in [0.1, 0.15) is 5.82 Å². The Morgan fingerprint density at radius 1 is 1.56 bits per heavy atom. The maximum Gasteiger partial charge on any atom is 0.321 e. The monoisotopic (exact) mass is 248 g/mol. The second-order valence-electron chi connectivity index (χ2n) is 3.44. The SMILES string of the molecule is Cn1cnc(CNC(=O)NC(=N)n2cccn2)n1. The van der Waals surface area contributed by atoms with Crippen LogP contribution in [-0.2, 0) is 13.6 Å². The molecule has 94 valence electrons. The van der Waals surface area contributed by atoms with Crippen molar-refractivity contribution in [3.05, 3.63) is 30.6 Å². The van der Waals surface area contributed by atoms with Crippen molar-refractivity contribution < 1.29 is 4.79 Å². The van der Waals surface area contributed by atoms with Crippen LogP contribution in [0.3, 0.4) is 0 Å². The minimum Gasteiger partial charge on any atom is -0.330 e. The topological polar surface area (TPSA) is 114 Å². The molecule has 0 saturated carbocycles. The smallest absolute Gasteiger partial charge is 0.321 e. The van der Waals surface area contributed by atoms with Crippen molar-refractivity contribution in [2.75, 3.05) is 0 Å². The zero-order valence-electron chi connectivity index (χ0n) is 9.66. The summed E-state index contributed by atoms with van der Waals surface area (Å²) < 4.78 is 2.78. The van der Waals surface area contributed by atoms with Crippen molar-refractivity contribution in [2.45, 2.75) is 6.54 Å². The van der Waals surface area contributed by atoms with E-state index in [1.54, 1.807) is 30.3 Å². The lowest BCUT2D eigenvalue weighted by Gasteiger charge is -2.06. The molecule has 2 aromatic heterocycles. The number of nitrogens with zero attached hydrogens (tertiary/aromatic N) is 5. The van der Waals surface area contributed by atoms with Crippen LogP contribution in [0.2, 0.25) is 0 Å². The number of aromatic nitrogens is 5. The van der Waals surface area contributed by atoms with E-state index in [4.69, 9.17) is 5.41 Å². The third-order valence-electron chi connectivity index (χ3n) is 2.02. The van der Waals surface area contributed by atoms with Crippen molar-refractivity contribution in [1.29, 1.82) is 5.41 Å². The molecule has 0 unspecified atom stereocenters. The van der Waals surface area contributed by atoms with Crippen LogP contribution in [0, 0.1) is 5.41 Å². The Morgan fingerprint density at radius 2 is 2.39 bits per heavy atom. The summed E-state index contributed by atoms with van der Waals surface area (Å²) in [7, 11) is 1.74. The van der Waals surface area contributed by atoms with Gasteiger partial charge in [0.1, 0.15) is 6.33 Å². The van der Waals surface area contributed by atoms with E-state index < -0.39 is 6.03 Å². The third kappa shape index (κ3) is 2.90. The maximum atomic E-state index is 11.5. The molecule has 2 heterocycles. The molecule has 0 saturated heterocycles. The van der Waals surface area contributed by atoms with Crippen LogP contribution in [0.5, 0.6) is 0 Å². The van der Waals surface area contributed by atoms with E-state index >= 15 is 0 Å². The lowest BCUT2D eigenvalue weighted by atomic mass is 10.6. The molecule has 18 heavy (non-hydrogen) atoms. The highest BCUT2D eigenvalue weighted by atomic mass is 16.2. The van der Waals surface area contributed by atoms with E-state index in [-0.39, 0.29) is 12.5 Å². The Labute approximate surface area is 102 Å². The van der Waals surface area contributed by atoms with Gasteiger partial charge in [0.2, 0.25) is 5.96 Å². The molecule has 2 amide bonds. The second-order valence-corrected chi connectivity index (χ2v) is 3.44. The van der Waals surface area contributed by atoms with Gasteiger partial charge in [-0.15, -0.1) is 0 Å². The van der Waals surface area contributed by atoms with Crippen LogP contribution in [0.4, 0.5) is 4.79 Å². The first-order chi connectivity index (χ1) is 8.65. The van der Waals surface area contributed by atoms with Gasteiger partial charge >= 0.3 is 6.03 Å². The van der Waals surface area contributed by atoms with Crippen molar-refractivity contribution in [3.63, 3.8) is 0 Å². The van der Waals surface area contributed by atoms with Gasteiger partial charge in [0, 0.05) is 19.4 Å². The standard InChI is InChI=1S/C9H12N8O/c1-16-6-12-7(15-16)5-11-9(18)14-8(10)17-4-2-3-13-17/h2-4,6H,5H2,1H3,(H3,10,11,14,18). The number of amides is 2.